The maximum atomic E-state index is 13.2. The number of carbonyl (C=O) groups excluding carboxylic acids is 2. The highest BCUT2D eigenvalue weighted by Crippen LogP contribution is 2.22. The molecule has 0 fully saturated rings. The molecule has 0 saturated carbocycles. The molecule has 25 heavy (non-hydrogen) atoms. The zero-order valence-electron chi connectivity index (χ0n) is 13.5. The first kappa shape index (κ1) is 18.9. The van der Waals surface area contributed by atoms with Crippen molar-refractivity contribution in [3.63, 3.8) is 0 Å². The van der Waals surface area contributed by atoms with Crippen molar-refractivity contribution in [2.75, 3.05) is 13.2 Å². The number of ether oxygens (including phenoxy) is 1. The minimum absolute atomic E-state index is 0.0321. The van der Waals surface area contributed by atoms with Crippen LogP contribution in [0.1, 0.15) is 22.8 Å². The minimum atomic E-state index is -0.797. The molecule has 0 bridgehead atoms. The Morgan fingerprint density at radius 2 is 2.00 bits per heavy atom. The summed E-state index contributed by atoms with van der Waals surface area (Å²) in [6.45, 7) is 1.91. The molecule has 132 valence electrons. The molecular formula is C18H17BrFNO4. The molecule has 2 rings (SSSR count). The molecule has 0 spiro atoms. The van der Waals surface area contributed by atoms with Gasteiger partial charge in [0.25, 0.3) is 5.91 Å². The van der Waals surface area contributed by atoms with Crippen LogP contribution >= 0.6 is 15.9 Å². The lowest BCUT2D eigenvalue weighted by molar-refractivity contribution is -0.135. The number of amides is 1. The summed E-state index contributed by atoms with van der Waals surface area (Å²) in [4.78, 5) is 25.7. The first-order chi connectivity index (χ1) is 11.9. The lowest BCUT2D eigenvalue weighted by Crippen LogP contribution is -2.34. The summed E-state index contributed by atoms with van der Waals surface area (Å²) < 4.78 is 18.8. The van der Waals surface area contributed by atoms with Gasteiger partial charge in [-0.25, -0.2) is 9.18 Å². The number of likely N-dealkylation sites (N-methyl/N-ethyl adjacent to an activating group) is 1. The highest BCUT2D eigenvalue weighted by molar-refractivity contribution is 9.10. The SMILES string of the molecule is CCN(Cc1cccc(F)c1)C(=O)COC(=O)c1cc(Br)ccc1O. The minimum Gasteiger partial charge on any atom is -0.507 e. The number of halogens is 2. The van der Waals surface area contributed by atoms with E-state index < -0.39 is 18.5 Å². The van der Waals surface area contributed by atoms with Crippen molar-refractivity contribution in [2.45, 2.75) is 13.5 Å². The van der Waals surface area contributed by atoms with E-state index in [2.05, 4.69) is 15.9 Å². The number of phenols is 1. The Labute approximate surface area is 153 Å². The largest absolute Gasteiger partial charge is 0.507 e. The Bertz CT molecular complexity index is 781. The molecule has 0 aromatic heterocycles. The van der Waals surface area contributed by atoms with Crippen LogP contribution in [0.2, 0.25) is 0 Å². The Hall–Kier alpha value is -2.41. The van der Waals surface area contributed by atoms with Gasteiger partial charge in [0.15, 0.2) is 6.61 Å². The van der Waals surface area contributed by atoms with Gasteiger partial charge in [-0.05, 0) is 42.8 Å². The van der Waals surface area contributed by atoms with Gasteiger partial charge in [0, 0.05) is 17.6 Å². The van der Waals surface area contributed by atoms with Gasteiger partial charge in [-0.2, -0.15) is 0 Å². The van der Waals surface area contributed by atoms with Crippen LogP contribution in [0, 0.1) is 5.82 Å². The molecule has 0 aliphatic rings. The molecule has 2 aromatic carbocycles. The Morgan fingerprint density at radius 3 is 2.68 bits per heavy atom. The molecule has 0 atom stereocenters. The van der Waals surface area contributed by atoms with Crippen LogP contribution in [0.15, 0.2) is 46.9 Å². The van der Waals surface area contributed by atoms with Crippen LogP contribution in [0.3, 0.4) is 0 Å². The predicted molar refractivity (Wildman–Crippen MR) is 93.6 cm³/mol. The van der Waals surface area contributed by atoms with Crippen molar-refractivity contribution >= 4 is 27.8 Å². The molecule has 0 saturated heterocycles. The topological polar surface area (TPSA) is 66.8 Å². The lowest BCUT2D eigenvalue weighted by atomic mass is 10.2. The molecule has 0 heterocycles. The third-order valence-corrected chi connectivity index (χ3v) is 4.00. The zero-order valence-corrected chi connectivity index (χ0v) is 15.1. The molecular weight excluding hydrogens is 393 g/mol. The summed E-state index contributed by atoms with van der Waals surface area (Å²) in [5, 5.41) is 9.69. The van der Waals surface area contributed by atoms with Gasteiger partial charge < -0.3 is 14.7 Å². The van der Waals surface area contributed by atoms with Crippen LogP contribution in [0.5, 0.6) is 5.75 Å². The molecule has 0 radical (unpaired) electrons. The van der Waals surface area contributed by atoms with Gasteiger partial charge in [0.2, 0.25) is 0 Å². The molecule has 0 aliphatic heterocycles. The number of rotatable bonds is 6. The fraction of sp³-hybridized carbons (Fsp3) is 0.222. The number of benzene rings is 2. The van der Waals surface area contributed by atoms with E-state index in [9.17, 15) is 19.1 Å². The van der Waals surface area contributed by atoms with Crippen molar-refractivity contribution in [1.82, 2.24) is 4.90 Å². The van der Waals surface area contributed by atoms with E-state index >= 15 is 0 Å². The van der Waals surface area contributed by atoms with Gasteiger partial charge in [-0.15, -0.1) is 0 Å². The Kier molecular flexibility index (Phi) is 6.52. The number of esters is 1. The second kappa shape index (κ2) is 8.62. The second-order valence-electron chi connectivity index (χ2n) is 5.28. The monoisotopic (exact) mass is 409 g/mol. The molecule has 1 amide bonds. The maximum Gasteiger partial charge on any atom is 0.342 e. The standard InChI is InChI=1S/C18H17BrFNO4/c1-2-21(10-12-4-3-5-14(20)8-12)17(23)11-25-18(24)15-9-13(19)6-7-16(15)22/h3-9,22H,2,10-11H2,1H3. The van der Waals surface area contributed by atoms with Crippen molar-refractivity contribution in [2.24, 2.45) is 0 Å². The average Bonchev–Trinajstić information content (AvgIpc) is 2.59. The van der Waals surface area contributed by atoms with Crippen LogP contribution < -0.4 is 0 Å². The van der Waals surface area contributed by atoms with Gasteiger partial charge in [0.05, 0.1) is 0 Å². The van der Waals surface area contributed by atoms with E-state index in [1.165, 1.54) is 29.2 Å². The summed E-state index contributed by atoms with van der Waals surface area (Å²) in [5.74, 6) is -1.81. The van der Waals surface area contributed by atoms with Crippen LogP contribution in [-0.2, 0) is 16.1 Å². The summed E-state index contributed by atoms with van der Waals surface area (Å²) in [6.07, 6.45) is 0. The number of phenolic OH excluding ortho intramolecular Hbond substituents is 1. The van der Waals surface area contributed by atoms with E-state index in [-0.39, 0.29) is 23.7 Å². The summed E-state index contributed by atoms with van der Waals surface area (Å²) in [6, 6.07) is 10.3. The molecule has 0 unspecified atom stereocenters. The lowest BCUT2D eigenvalue weighted by Gasteiger charge is -2.21. The quantitative estimate of drug-likeness (QED) is 0.741. The number of aromatic hydroxyl groups is 1. The smallest absolute Gasteiger partial charge is 0.342 e. The van der Waals surface area contributed by atoms with Crippen molar-refractivity contribution in [3.05, 3.63) is 63.9 Å². The maximum absolute atomic E-state index is 13.2. The van der Waals surface area contributed by atoms with Crippen LogP contribution in [0.4, 0.5) is 4.39 Å². The van der Waals surface area contributed by atoms with Gasteiger partial charge >= 0.3 is 5.97 Å². The van der Waals surface area contributed by atoms with E-state index in [0.717, 1.165) is 0 Å². The first-order valence-corrected chi connectivity index (χ1v) is 8.38. The molecule has 5 nitrogen and oxygen atoms in total. The van der Waals surface area contributed by atoms with Gasteiger partial charge in [0.1, 0.15) is 17.1 Å². The predicted octanol–water partition coefficient (Wildman–Crippen LogP) is 3.50. The third kappa shape index (κ3) is 5.29. The normalized spacial score (nSPS) is 10.4. The highest BCUT2D eigenvalue weighted by atomic mass is 79.9. The average molecular weight is 410 g/mol. The van der Waals surface area contributed by atoms with E-state index in [4.69, 9.17) is 4.74 Å². The Morgan fingerprint density at radius 1 is 1.24 bits per heavy atom. The van der Waals surface area contributed by atoms with Crippen molar-refractivity contribution in [3.8, 4) is 5.75 Å². The van der Waals surface area contributed by atoms with Crippen LogP contribution in [0.25, 0.3) is 0 Å². The second-order valence-corrected chi connectivity index (χ2v) is 6.19. The number of hydrogen-bond acceptors (Lipinski definition) is 4. The number of carbonyl (C=O) groups is 2. The van der Waals surface area contributed by atoms with Crippen molar-refractivity contribution < 1.29 is 23.8 Å². The van der Waals surface area contributed by atoms with Crippen LogP contribution in [-0.4, -0.2) is 35.0 Å². The molecule has 7 heteroatoms. The zero-order chi connectivity index (χ0) is 18.4. The fourth-order valence-electron chi connectivity index (χ4n) is 2.20. The number of nitrogens with zero attached hydrogens (tertiary/aromatic N) is 1. The number of hydrogen-bond donors (Lipinski definition) is 1. The Balaban J connectivity index is 1.97. The highest BCUT2D eigenvalue weighted by Gasteiger charge is 2.18. The first-order valence-electron chi connectivity index (χ1n) is 7.58. The van der Waals surface area contributed by atoms with E-state index in [1.807, 2.05) is 0 Å². The third-order valence-electron chi connectivity index (χ3n) is 3.50. The summed E-state index contributed by atoms with van der Waals surface area (Å²) in [7, 11) is 0. The molecule has 0 aliphatic carbocycles. The van der Waals surface area contributed by atoms with Crippen molar-refractivity contribution in [1.29, 1.82) is 0 Å². The summed E-state index contributed by atoms with van der Waals surface area (Å²) >= 11 is 3.20. The molecule has 1 N–H and O–H groups in total. The summed E-state index contributed by atoms with van der Waals surface area (Å²) in [5.41, 5.74) is 0.613. The van der Waals surface area contributed by atoms with Gasteiger partial charge in [-0.1, -0.05) is 28.1 Å². The van der Waals surface area contributed by atoms with Gasteiger partial charge in [-0.3, -0.25) is 4.79 Å². The van der Waals surface area contributed by atoms with E-state index in [0.29, 0.717) is 16.6 Å². The van der Waals surface area contributed by atoms with E-state index in [1.54, 1.807) is 25.1 Å². The fourth-order valence-corrected chi connectivity index (χ4v) is 2.56. The molecule has 2 aromatic rings.